The predicted molar refractivity (Wildman–Crippen MR) is 44.4 cm³/mol. The van der Waals surface area contributed by atoms with Crippen molar-refractivity contribution in [3.63, 3.8) is 0 Å². The van der Waals surface area contributed by atoms with Crippen LogP contribution in [0.4, 0.5) is 0 Å². The minimum absolute atomic E-state index is 0.568. The van der Waals surface area contributed by atoms with Gasteiger partial charge in [-0.25, -0.2) is 0 Å². The van der Waals surface area contributed by atoms with Gasteiger partial charge in [-0.05, 0) is 12.8 Å². The van der Waals surface area contributed by atoms with E-state index in [1.54, 1.807) is 0 Å². The van der Waals surface area contributed by atoms with Crippen molar-refractivity contribution in [1.29, 1.82) is 0 Å². The number of nitrogens with one attached hydrogen (secondary N) is 1. The van der Waals surface area contributed by atoms with Gasteiger partial charge >= 0.3 is 0 Å². The summed E-state index contributed by atoms with van der Waals surface area (Å²) < 4.78 is 0. The molecule has 1 heterocycles. The van der Waals surface area contributed by atoms with Crippen molar-refractivity contribution in [2.24, 2.45) is 10.9 Å². The average molecular weight is 140 g/mol. The molecule has 0 aromatic carbocycles. The first-order valence-corrected chi connectivity index (χ1v) is 4.09. The fraction of sp³-hybridized carbons (Fsp3) is 0.875. The molecule has 0 amide bonds. The van der Waals surface area contributed by atoms with Crippen molar-refractivity contribution in [3.05, 3.63) is 0 Å². The summed E-state index contributed by atoms with van der Waals surface area (Å²) in [5, 5.41) is 3.33. The van der Waals surface area contributed by atoms with Gasteiger partial charge < -0.3 is 5.32 Å². The number of hydrogen-bond acceptors (Lipinski definition) is 2. The van der Waals surface area contributed by atoms with Crippen LogP contribution in [0.2, 0.25) is 0 Å². The molecule has 10 heavy (non-hydrogen) atoms. The third-order valence-corrected chi connectivity index (χ3v) is 1.72. The standard InChI is InChI=1S/C8H16N2/c1-7(2)8-9-5-3-4-6-10-8/h7H,3-6H2,1-2H3,(H,9,10). The number of rotatable bonds is 1. The lowest BCUT2D eigenvalue weighted by Gasteiger charge is -2.09. The summed E-state index contributed by atoms with van der Waals surface area (Å²) in [7, 11) is 0. The van der Waals surface area contributed by atoms with Crippen LogP contribution in [-0.4, -0.2) is 18.9 Å². The van der Waals surface area contributed by atoms with E-state index in [1.165, 1.54) is 18.7 Å². The zero-order valence-corrected chi connectivity index (χ0v) is 6.85. The highest BCUT2D eigenvalue weighted by molar-refractivity contribution is 5.84. The minimum atomic E-state index is 0.568. The quantitative estimate of drug-likeness (QED) is 0.585. The molecule has 1 N–H and O–H groups in total. The first-order valence-electron chi connectivity index (χ1n) is 4.09. The molecule has 0 aliphatic carbocycles. The normalized spacial score (nSPS) is 19.7. The molecule has 1 aliphatic heterocycles. The van der Waals surface area contributed by atoms with Crippen molar-refractivity contribution < 1.29 is 0 Å². The number of nitrogens with zero attached hydrogens (tertiary/aromatic N) is 1. The largest absolute Gasteiger partial charge is 0.374 e. The van der Waals surface area contributed by atoms with Crippen molar-refractivity contribution in [2.45, 2.75) is 26.7 Å². The number of aliphatic imine (C=N–C) groups is 1. The zero-order chi connectivity index (χ0) is 7.40. The third kappa shape index (κ3) is 2.01. The summed E-state index contributed by atoms with van der Waals surface area (Å²) in [5.74, 6) is 1.76. The maximum atomic E-state index is 4.43. The minimum Gasteiger partial charge on any atom is -0.374 e. The Morgan fingerprint density at radius 1 is 1.40 bits per heavy atom. The second-order valence-electron chi connectivity index (χ2n) is 3.06. The summed E-state index contributed by atoms with van der Waals surface area (Å²) in [5.41, 5.74) is 0. The van der Waals surface area contributed by atoms with Crippen molar-refractivity contribution in [3.8, 4) is 0 Å². The number of hydrogen-bond donors (Lipinski definition) is 1. The van der Waals surface area contributed by atoms with Crippen LogP contribution in [0.15, 0.2) is 4.99 Å². The van der Waals surface area contributed by atoms with Crippen molar-refractivity contribution >= 4 is 5.84 Å². The van der Waals surface area contributed by atoms with Crippen LogP contribution >= 0.6 is 0 Å². The maximum absolute atomic E-state index is 4.43. The van der Waals surface area contributed by atoms with E-state index in [1.807, 2.05) is 0 Å². The monoisotopic (exact) mass is 140 g/mol. The SMILES string of the molecule is CC(C)C1=NCCCCN1. The van der Waals surface area contributed by atoms with Crippen LogP contribution in [0.25, 0.3) is 0 Å². The Kier molecular flexibility index (Phi) is 2.72. The van der Waals surface area contributed by atoms with Crippen molar-refractivity contribution in [1.82, 2.24) is 5.32 Å². The number of amidine groups is 1. The molecule has 0 bridgehead atoms. The van der Waals surface area contributed by atoms with Gasteiger partial charge in [0.05, 0.1) is 5.84 Å². The molecule has 0 unspecified atom stereocenters. The molecular weight excluding hydrogens is 124 g/mol. The van der Waals surface area contributed by atoms with E-state index >= 15 is 0 Å². The molecule has 0 fully saturated rings. The molecule has 0 aromatic rings. The Morgan fingerprint density at radius 3 is 2.90 bits per heavy atom. The Balaban J connectivity index is 2.46. The smallest absolute Gasteiger partial charge is 0.0988 e. The van der Waals surface area contributed by atoms with E-state index in [4.69, 9.17) is 0 Å². The van der Waals surface area contributed by atoms with Gasteiger partial charge in [0.2, 0.25) is 0 Å². The highest BCUT2D eigenvalue weighted by atomic mass is 15.0. The molecule has 0 saturated heterocycles. The van der Waals surface area contributed by atoms with E-state index in [0.29, 0.717) is 5.92 Å². The Labute approximate surface area is 62.7 Å². The summed E-state index contributed by atoms with van der Waals surface area (Å²) in [6.07, 6.45) is 2.50. The summed E-state index contributed by atoms with van der Waals surface area (Å²) in [6.45, 7) is 6.48. The lowest BCUT2D eigenvalue weighted by molar-refractivity contribution is 0.738. The first kappa shape index (κ1) is 7.58. The van der Waals surface area contributed by atoms with Crippen LogP contribution in [0, 0.1) is 5.92 Å². The molecule has 0 spiro atoms. The van der Waals surface area contributed by atoms with Gasteiger partial charge in [0.15, 0.2) is 0 Å². The van der Waals surface area contributed by atoms with E-state index in [9.17, 15) is 0 Å². The molecular formula is C8H16N2. The third-order valence-electron chi connectivity index (χ3n) is 1.72. The van der Waals surface area contributed by atoms with Crippen LogP contribution in [-0.2, 0) is 0 Å². The first-order chi connectivity index (χ1) is 4.80. The second kappa shape index (κ2) is 3.59. The zero-order valence-electron chi connectivity index (χ0n) is 6.85. The summed E-state index contributed by atoms with van der Waals surface area (Å²) in [4.78, 5) is 4.43. The summed E-state index contributed by atoms with van der Waals surface area (Å²) >= 11 is 0. The summed E-state index contributed by atoms with van der Waals surface area (Å²) in [6, 6.07) is 0. The fourth-order valence-corrected chi connectivity index (χ4v) is 1.10. The van der Waals surface area contributed by atoms with E-state index < -0.39 is 0 Å². The van der Waals surface area contributed by atoms with Crippen molar-refractivity contribution in [2.75, 3.05) is 13.1 Å². The Bertz CT molecular complexity index is 127. The van der Waals surface area contributed by atoms with Crippen LogP contribution in [0.5, 0.6) is 0 Å². The van der Waals surface area contributed by atoms with E-state index in [-0.39, 0.29) is 0 Å². The molecule has 2 heteroatoms. The maximum Gasteiger partial charge on any atom is 0.0988 e. The van der Waals surface area contributed by atoms with Gasteiger partial charge in [0, 0.05) is 19.0 Å². The topological polar surface area (TPSA) is 24.4 Å². The van der Waals surface area contributed by atoms with Crippen LogP contribution < -0.4 is 5.32 Å². The fourth-order valence-electron chi connectivity index (χ4n) is 1.10. The predicted octanol–water partition coefficient (Wildman–Crippen LogP) is 1.42. The van der Waals surface area contributed by atoms with Gasteiger partial charge in [-0.3, -0.25) is 4.99 Å². The van der Waals surface area contributed by atoms with Crippen LogP contribution in [0.3, 0.4) is 0 Å². The highest BCUT2D eigenvalue weighted by Crippen LogP contribution is 2.00. The molecule has 0 aromatic heterocycles. The molecule has 2 nitrogen and oxygen atoms in total. The Morgan fingerprint density at radius 2 is 2.20 bits per heavy atom. The lowest BCUT2D eigenvalue weighted by Crippen LogP contribution is -2.27. The molecule has 58 valence electrons. The van der Waals surface area contributed by atoms with E-state index in [2.05, 4.69) is 24.2 Å². The lowest BCUT2D eigenvalue weighted by atomic mass is 10.2. The molecule has 0 saturated carbocycles. The molecule has 0 atom stereocenters. The van der Waals surface area contributed by atoms with Gasteiger partial charge in [0.25, 0.3) is 0 Å². The molecule has 1 aliphatic rings. The molecule has 0 radical (unpaired) electrons. The average Bonchev–Trinajstić information content (AvgIpc) is 2.12. The van der Waals surface area contributed by atoms with Gasteiger partial charge in [-0.15, -0.1) is 0 Å². The second-order valence-corrected chi connectivity index (χ2v) is 3.06. The van der Waals surface area contributed by atoms with Gasteiger partial charge in [0.1, 0.15) is 0 Å². The molecule has 1 rings (SSSR count). The Hall–Kier alpha value is -0.530. The van der Waals surface area contributed by atoms with Gasteiger partial charge in [-0.1, -0.05) is 13.8 Å². The highest BCUT2D eigenvalue weighted by Gasteiger charge is 2.05. The van der Waals surface area contributed by atoms with Gasteiger partial charge in [-0.2, -0.15) is 0 Å². The van der Waals surface area contributed by atoms with Crippen LogP contribution in [0.1, 0.15) is 26.7 Å². The van der Waals surface area contributed by atoms with E-state index in [0.717, 1.165) is 13.1 Å².